The fourth-order valence-electron chi connectivity index (χ4n) is 5.65. The van der Waals surface area contributed by atoms with E-state index >= 15 is 0 Å². The first-order chi connectivity index (χ1) is 19.9. The molecule has 0 aliphatic carbocycles. The maximum atomic E-state index is 13.6. The quantitative estimate of drug-likeness (QED) is 0.132. The van der Waals surface area contributed by atoms with Crippen LogP contribution in [0.3, 0.4) is 0 Å². The van der Waals surface area contributed by atoms with Gasteiger partial charge < -0.3 is 9.64 Å². The summed E-state index contributed by atoms with van der Waals surface area (Å²) in [7, 11) is 0. The molecule has 0 spiro atoms. The number of carbonyl (C=O) groups excluding carboxylic acids is 1. The third-order valence-electron chi connectivity index (χ3n) is 7.56. The Labute approximate surface area is 237 Å². The molecule has 9 heteroatoms. The minimum Gasteiger partial charge on any atom is -0.465 e. The van der Waals surface area contributed by atoms with Gasteiger partial charge in [0.05, 0.1) is 22.4 Å². The number of carbonyl (C=O) groups is 1. The van der Waals surface area contributed by atoms with Gasteiger partial charge in [-0.3, -0.25) is 25.0 Å². The van der Waals surface area contributed by atoms with Gasteiger partial charge in [-0.2, -0.15) is 0 Å². The number of hydrogen-bond acceptors (Lipinski definition) is 7. The lowest BCUT2D eigenvalue weighted by Crippen LogP contribution is -2.32. The summed E-state index contributed by atoms with van der Waals surface area (Å²) >= 11 is 0. The summed E-state index contributed by atoms with van der Waals surface area (Å²) in [5.74, 6) is -1.47. The maximum absolute atomic E-state index is 13.6. The summed E-state index contributed by atoms with van der Waals surface area (Å²) in [5, 5.41) is 22.5. The van der Waals surface area contributed by atoms with Crippen LogP contribution in [0, 0.1) is 20.2 Å². The number of hydrogen-bond donors (Lipinski definition) is 0. The number of non-ortho nitro benzene ring substituents is 2. The highest BCUT2D eigenvalue weighted by molar-refractivity contribution is 5.81. The Morgan fingerprint density at radius 3 is 2.07 bits per heavy atom. The fraction of sp³-hybridized carbons (Fsp3) is 0.219. The molecular weight excluding hydrogens is 522 g/mol. The van der Waals surface area contributed by atoms with Crippen LogP contribution >= 0.6 is 0 Å². The van der Waals surface area contributed by atoms with Gasteiger partial charge in [0.2, 0.25) is 0 Å². The third-order valence-corrected chi connectivity index (χ3v) is 7.56. The molecule has 4 aromatic carbocycles. The average molecular weight is 552 g/mol. The van der Waals surface area contributed by atoms with Crippen molar-refractivity contribution in [3.05, 3.63) is 145 Å². The molecule has 208 valence electrons. The number of esters is 1. The number of rotatable bonds is 9. The Morgan fingerprint density at radius 2 is 1.46 bits per heavy atom. The van der Waals surface area contributed by atoms with Crippen LogP contribution in [-0.4, -0.2) is 29.0 Å². The van der Waals surface area contributed by atoms with E-state index in [1.165, 1.54) is 24.3 Å². The molecule has 4 aromatic rings. The summed E-state index contributed by atoms with van der Waals surface area (Å²) in [4.78, 5) is 37.4. The van der Waals surface area contributed by atoms with Crippen LogP contribution in [0.15, 0.2) is 97.1 Å². The van der Waals surface area contributed by atoms with E-state index in [1.54, 1.807) is 31.2 Å². The zero-order chi connectivity index (χ0) is 28.9. The first-order valence-corrected chi connectivity index (χ1v) is 13.4. The van der Waals surface area contributed by atoms with Crippen molar-refractivity contribution in [3.63, 3.8) is 0 Å². The first-order valence-electron chi connectivity index (χ1n) is 13.4. The van der Waals surface area contributed by atoms with Crippen LogP contribution in [0.25, 0.3) is 0 Å². The second-order valence-electron chi connectivity index (χ2n) is 9.90. The lowest BCUT2D eigenvalue weighted by molar-refractivity contribution is -0.385. The Hall–Kier alpha value is -5.05. The highest BCUT2D eigenvalue weighted by Crippen LogP contribution is 2.43. The van der Waals surface area contributed by atoms with Crippen LogP contribution in [-0.2, 0) is 22.5 Å². The number of benzene rings is 4. The summed E-state index contributed by atoms with van der Waals surface area (Å²) < 4.78 is 5.59. The lowest BCUT2D eigenvalue weighted by Gasteiger charge is -2.35. The molecule has 1 heterocycles. The molecule has 0 bridgehead atoms. The highest BCUT2D eigenvalue weighted by atomic mass is 16.6. The molecule has 0 saturated heterocycles. The van der Waals surface area contributed by atoms with E-state index in [4.69, 9.17) is 4.74 Å². The number of fused-ring (bicyclic) bond motifs is 1. The van der Waals surface area contributed by atoms with Crippen molar-refractivity contribution in [3.8, 4) is 0 Å². The summed E-state index contributed by atoms with van der Waals surface area (Å²) in [5.41, 5.74) is 5.70. The molecular formula is C32H29N3O6. The highest BCUT2D eigenvalue weighted by Gasteiger charge is 2.36. The number of nitro benzene ring substituents is 2. The minimum absolute atomic E-state index is 0.0197. The van der Waals surface area contributed by atoms with E-state index in [2.05, 4.69) is 11.0 Å². The Kier molecular flexibility index (Phi) is 8.05. The molecule has 0 aromatic heterocycles. The van der Waals surface area contributed by atoms with Gasteiger partial charge in [0, 0.05) is 49.0 Å². The van der Waals surface area contributed by atoms with Crippen molar-refractivity contribution < 1.29 is 19.4 Å². The van der Waals surface area contributed by atoms with Gasteiger partial charge >= 0.3 is 5.97 Å². The average Bonchev–Trinajstić information content (AvgIpc) is 3.00. The summed E-state index contributed by atoms with van der Waals surface area (Å²) in [6.45, 7) is 3.29. The van der Waals surface area contributed by atoms with Gasteiger partial charge in [-0.25, -0.2) is 0 Å². The molecule has 2 atom stereocenters. The zero-order valence-corrected chi connectivity index (χ0v) is 22.5. The molecule has 0 N–H and O–H groups in total. The molecule has 5 rings (SSSR count). The van der Waals surface area contributed by atoms with Crippen molar-refractivity contribution in [1.82, 2.24) is 0 Å². The number of anilines is 1. The summed E-state index contributed by atoms with van der Waals surface area (Å²) in [6, 6.07) is 28.5. The standard InChI is InChI=1S/C32H29N3O6/c1-2-41-32(36)31(22-7-4-3-5-8-22)30(23-11-13-26(14-12-23)34(37)38)29-10-6-9-24-21-33(20-19-28(24)29)25-15-17-27(18-16-25)35(39)40/h3-18,30-31H,2,19-21H2,1H3. The van der Waals surface area contributed by atoms with Crippen LogP contribution in [0.4, 0.5) is 17.1 Å². The van der Waals surface area contributed by atoms with Crippen molar-refractivity contribution in [2.75, 3.05) is 18.1 Å². The smallest absolute Gasteiger partial charge is 0.314 e. The van der Waals surface area contributed by atoms with Crippen LogP contribution < -0.4 is 4.90 Å². The molecule has 0 amide bonds. The third kappa shape index (κ3) is 5.79. The van der Waals surface area contributed by atoms with Gasteiger partial charge in [-0.15, -0.1) is 0 Å². The van der Waals surface area contributed by atoms with Gasteiger partial charge in [0.15, 0.2) is 0 Å². The van der Waals surface area contributed by atoms with Crippen LogP contribution in [0.5, 0.6) is 0 Å². The largest absolute Gasteiger partial charge is 0.465 e. The van der Waals surface area contributed by atoms with Crippen molar-refractivity contribution in [2.45, 2.75) is 31.7 Å². The van der Waals surface area contributed by atoms with E-state index in [0.717, 1.165) is 33.5 Å². The van der Waals surface area contributed by atoms with E-state index in [0.29, 0.717) is 19.5 Å². The van der Waals surface area contributed by atoms with E-state index in [-0.39, 0.29) is 24.0 Å². The SMILES string of the molecule is CCOC(=O)C(c1ccccc1)C(c1ccc([N+](=O)[O-])cc1)c1cccc2c1CCN(c1ccc([N+](=O)[O-])cc1)C2. The molecule has 41 heavy (non-hydrogen) atoms. The number of ether oxygens (including phenoxy) is 1. The normalized spacial score (nSPS) is 14.0. The molecule has 0 fully saturated rings. The Bertz CT molecular complexity index is 1560. The topological polar surface area (TPSA) is 116 Å². The van der Waals surface area contributed by atoms with Crippen LogP contribution in [0.1, 0.15) is 46.6 Å². The predicted molar refractivity (Wildman–Crippen MR) is 155 cm³/mol. The molecule has 0 radical (unpaired) electrons. The van der Waals surface area contributed by atoms with E-state index in [9.17, 15) is 25.0 Å². The molecule has 1 aliphatic heterocycles. The van der Waals surface area contributed by atoms with Gasteiger partial charge in [0.1, 0.15) is 0 Å². The van der Waals surface area contributed by atoms with Gasteiger partial charge in [0.25, 0.3) is 11.4 Å². The minimum atomic E-state index is -0.670. The van der Waals surface area contributed by atoms with E-state index in [1.807, 2.05) is 42.5 Å². The molecule has 9 nitrogen and oxygen atoms in total. The van der Waals surface area contributed by atoms with Crippen molar-refractivity contribution in [2.24, 2.45) is 0 Å². The van der Waals surface area contributed by atoms with Crippen LogP contribution in [0.2, 0.25) is 0 Å². The maximum Gasteiger partial charge on any atom is 0.314 e. The predicted octanol–water partition coefficient (Wildman–Crippen LogP) is 6.54. The summed E-state index contributed by atoms with van der Waals surface area (Å²) in [6.07, 6.45) is 0.691. The zero-order valence-electron chi connectivity index (χ0n) is 22.5. The van der Waals surface area contributed by atoms with E-state index < -0.39 is 21.7 Å². The van der Waals surface area contributed by atoms with Crippen molar-refractivity contribution in [1.29, 1.82) is 0 Å². The Balaban J connectivity index is 1.60. The molecule has 0 saturated carbocycles. The van der Waals surface area contributed by atoms with Crippen molar-refractivity contribution >= 4 is 23.0 Å². The van der Waals surface area contributed by atoms with Gasteiger partial charge in [-0.05, 0) is 53.3 Å². The Morgan fingerprint density at radius 1 is 0.829 bits per heavy atom. The second-order valence-corrected chi connectivity index (χ2v) is 9.90. The number of nitrogens with zero attached hydrogens (tertiary/aromatic N) is 3. The van der Waals surface area contributed by atoms with Gasteiger partial charge in [-0.1, -0.05) is 60.7 Å². The lowest BCUT2D eigenvalue weighted by atomic mass is 9.74. The number of nitro groups is 2. The first kappa shape index (κ1) is 27.5. The monoisotopic (exact) mass is 551 g/mol. The molecule has 1 aliphatic rings. The second kappa shape index (κ2) is 12.0. The fourth-order valence-corrected chi connectivity index (χ4v) is 5.65. The molecule has 2 unspecified atom stereocenters.